The third kappa shape index (κ3) is 3.86. The number of esters is 1. The second-order valence-electron chi connectivity index (χ2n) is 5.49. The highest BCUT2D eigenvalue weighted by Crippen LogP contribution is 2.25. The van der Waals surface area contributed by atoms with Crippen molar-refractivity contribution in [3.63, 3.8) is 0 Å². The topological polar surface area (TPSA) is 47.4 Å². The predicted octanol–water partition coefficient (Wildman–Crippen LogP) is 2.75. The van der Waals surface area contributed by atoms with E-state index in [9.17, 15) is 4.79 Å². The second-order valence-corrected chi connectivity index (χ2v) is 6.28. The van der Waals surface area contributed by atoms with Crippen molar-refractivity contribution >= 4 is 21.9 Å². The maximum Gasteiger partial charge on any atom is 0.310 e. The first-order chi connectivity index (χ1) is 10.1. The average molecular weight is 358 g/mol. The Balaban J connectivity index is 2.04. The molecule has 1 atom stereocenters. The van der Waals surface area contributed by atoms with E-state index in [-0.39, 0.29) is 11.9 Å². The lowest BCUT2D eigenvalue weighted by Gasteiger charge is -2.31. The standard InChI is InChI=1S/C15H24BrN3O2/c1-4-19-13(14(16)11(3)17-19)10-18-8-6-7-12(9-18)15(20)21-5-2/h12H,4-10H2,1-3H3/t12-/m1/s1. The monoisotopic (exact) mass is 357 g/mol. The van der Waals surface area contributed by atoms with Crippen LogP contribution in [0.3, 0.4) is 0 Å². The molecule has 1 aliphatic heterocycles. The van der Waals surface area contributed by atoms with E-state index in [0.717, 1.165) is 49.2 Å². The summed E-state index contributed by atoms with van der Waals surface area (Å²) in [7, 11) is 0. The number of nitrogens with zero attached hydrogens (tertiary/aromatic N) is 3. The number of carbonyl (C=O) groups excluding carboxylic acids is 1. The molecule has 21 heavy (non-hydrogen) atoms. The van der Waals surface area contributed by atoms with Gasteiger partial charge in [-0.25, -0.2) is 0 Å². The molecular formula is C15H24BrN3O2. The van der Waals surface area contributed by atoms with Crippen LogP contribution in [-0.2, 0) is 22.6 Å². The summed E-state index contributed by atoms with van der Waals surface area (Å²) in [6.07, 6.45) is 1.98. The normalized spacial score (nSPS) is 19.7. The minimum atomic E-state index is -0.0542. The number of hydrogen-bond acceptors (Lipinski definition) is 4. The van der Waals surface area contributed by atoms with Gasteiger partial charge in [-0.2, -0.15) is 5.10 Å². The van der Waals surface area contributed by atoms with Crippen LogP contribution in [0.2, 0.25) is 0 Å². The van der Waals surface area contributed by atoms with Gasteiger partial charge in [-0.05, 0) is 56.1 Å². The first-order valence-corrected chi connectivity index (χ1v) is 8.46. The van der Waals surface area contributed by atoms with E-state index in [1.54, 1.807) is 0 Å². The molecule has 1 aromatic heterocycles. The molecule has 1 saturated heterocycles. The zero-order chi connectivity index (χ0) is 15.4. The molecule has 1 aliphatic rings. The van der Waals surface area contributed by atoms with Gasteiger partial charge < -0.3 is 4.74 Å². The third-order valence-corrected chi connectivity index (χ3v) is 4.98. The molecule has 0 amide bonds. The zero-order valence-corrected chi connectivity index (χ0v) is 14.6. The van der Waals surface area contributed by atoms with Crippen LogP contribution in [0.15, 0.2) is 4.47 Å². The molecule has 2 rings (SSSR count). The molecule has 0 bridgehead atoms. The summed E-state index contributed by atoms with van der Waals surface area (Å²) in [4.78, 5) is 14.2. The molecular weight excluding hydrogens is 334 g/mol. The molecule has 0 spiro atoms. The number of aromatic nitrogens is 2. The van der Waals surface area contributed by atoms with Crippen molar-refractivity contribution in [1.82, 2.24) is 14.7 Å². The Kier molecular flexibility index (Phi) is 5.81. The quantitative estimate of drug-likeness (QED) is 0.760. The van der Waals surface area contributed by atoms with Gasteiger partial charge in [0.1, 0.15) is 0 Å². The number of carbonyl (C=O) groups is 1. The Hall–Kier alpha value is -0.880. The minimum Gasteiger partial charge on any atom is -0.466 e. The summed E-state index contributed by atoms with van der Waals surface area (Å²) in [5, 5.41) is 4.53. The number of likely N-dealkylation sites (tertiary alicyclic amines) is 1. The van der Waals surface area contributed by atoms with Crippen LogP contribution >= 0.6 is 15.9 Å². The Morgan fingerprint density at radius 1 is 1.48 bits per heavy atom. The lowest BCUT2D eigenvalue weighted by Crippen LogP contribution is -2.39. The van der Waals surface area contributed by atoms with Gasteiger partial charge in [0.05, 0.1) is 28.4 Å². The highest BCUT2D eigenvalue weighted by Gasteiger charge is 2.28. The van der Waals surface area contributed by atoms with Crippen LogP contribution in [0, 0.1) is 12.8 Å². The molecule has 0 aliphatic carbocycles. The van der Waals surface area contributed by atoms with Crippen LogP contribution < -0.4 is 0 Å². The van der Waals surface area contributed by atoms with E-state index < -0.39 is 0 Å². The van der Waals surface area contributed by atoms with Crippen molar-refractivity contribution in [2.24, 2.45) is 5.92 Å². The van der Waals surface area contributed by atoms with Crippen molar-refractivity contribution < 1.29 is 9.53 Å². The van der Waals surface area contributed by atoms with Crippen LogP contribution in [-0.4, -0.2) is 40.3 Å². The van der Waals surface area contributed by atoms with Crippen molar-refractivity contribution in [3.05, 3.63) is 15.9 Å². The Bertz CT molecular complexity index is 501. The first kappa shape index (κ1) is 16.5. The fourth-order valence-electron chi connectivity index (χ4n) is 2.88. The van der Waals surface area contributed by atoms with Crippen molar-refractivity contribution in [1.29, 1.82) is 0 Å². The van der Waals surface area contributed by atoms with E-state index >= 15 is 0 Å². The predicted molar refractivity (Wildman–Crippen MR) is 85.0 cm³/mol. The molecule has 118 valence electrons. The molecule has 0 radical (unpaired) electrons. The smallest absolute Gasteiger partial charge is 0.310 e. The highest BCUT2D eigenvalue weighted by atomic mass is 79.9. The van der Waals surface area contributed by atoms with Crippen molar-refractivity contribution in [3.8, 4) is 0 Å². The fourth-order valence-corrected chi connectivity index (χ4v) is 3.29. The summed E-state index contributed by atoms with van der Waals surface area (Å²) in [6.45, 7) is 9.91. The fraction of sp³-hybridized carbons (Fsp3) is 0.733. The van der Waals surface area contributed by atoms with Crippen LogP contribution in [0.5, 0.6) is 0 Å². The Labute approximate surface area is 134 Å². The number of piperidine rings is 1. The van der Waals surface area contributed by atoms with Gasteiger partial charge in [-0.1, -0.05) is 0 Å². The maximum atomic E-state index is 11.9. The van der Waals surface area contributed by atoms with Crippen LogP contribution in [0.25, 0.3) is 0 Å². The molecule has 6 heteroatoms. The molecule has 0 N–H and O–H groups in total. The van der Waals surface area contributed by atoms with Crippen LogP contribution in [0.4, 0.5) is 0 Å². The second kappa shape index (κ2) is 7.40. The lowest BCUT2D eigenvalue weighted by atomic mass is 9.98. The zero-order valence-electron chi connectivity index (χ0n) is 13.1. The van der Waals surface area contributed by atoms with Crippen molar-refractivity contribution in [2.75, 3.05) is 19.7 Å². The summed E-state index contributed by atoms with van der Waals surface area (Å²) >= 11 is 3.64. The Morgan fingerprint density at radius 2 is 2.24 bits per heavy atom. The van der Waals surface area contributed by atoms with E-state index in [1.165, 1.54) is 5.69 Å². The number of aryl methyl sites for hydroxylation is 2. The van der Waals surface area contributed by atoms with Gasteiger partial charge in [0, 0.05) is 19.6 Å². The summed E-state index contributed by atoms with van der Waals surface area (Å²) < 4.78 is 8.28. The van der Waals surface area contributed by atoms with Gasteiger partial charge in [0.25, 0.3) is 0 Å². The first-order valence-electron chi connectivity index (χ1n) is 7.67. The SMILES string of the molecule is CCOC(=O)[C@@H]1CCCN(Cc2c(Br)c(C)nn2CC)C1. The van der Waals surface area contributed by atoms with Gasteiger partial charge in [-0.3, -0.25) is 14.4 Å². The number of halogens is 1. The molecule has 1 aromatic rings. The molecule has 1 fully saturated rings. The maximum absolute atomic E-state index is 11.9. The van der Waals surface area contributed by atoms with Crippen molar-refractivity contribution in [2.45, 2.75) is 46.7 Å². The molecule has 0 saturated carbocycles. The summed E-state index contributed by atoms with van der Waals surface area (Å²) in [5.74, 6) is -0.0435. The van der Waals surface area contributed by atoms with E-state index in [1.807, 2.05) is 18.5 Å². The summed E-state index contributed by atoms with van der Waals surface area (Å²) in [6, 6.07) is 0. The minimum absolute atomic E-state index is 0.0107. The van der Waals surface area contributed by atoms with E-state index in [4.69, 9.17) is 4.74 Å². The van der Waals surface area contributed by atoms with E-state index in [0.29, 0.717) is 6.61 Å². The molecule has 0 unspecified atom stereocenters. The van der Waals surface area contributed by atoms with Gasteiger partial charge >= 0.3 is 5.97 Å². The van der Waals surface area contributed by atoms with E-state index in [2.05, 4.69) is 32.9 Å². The largest absolute Gasteiger partial charge is 0.466 e. The summed E-state index contributed by atoms with van der Waals surface area (Å²) in [5.41, 5.74) is 2.21. The Morgan fingerprint density at radius 3 is 2.90 bits per heavy atom. The number of hydrogen-bond donors (Lipinski definition) is 0. The third-order valence-electron chi connectivity index (χ3n) is 3.95. The van der Waals surface area contributed by atoms with Gasteiger partial charge in [0.2, 0.25) is 0 Å². The number of rotatable bonds is 5. The molecule has 0 aromatic carbocycles. The van der Waals surface area contributed by atoms with Gasteiger partial charge in [0.15, 0.2) is 0 Å². The lowest BCUT2D eigenvalue weighted by molar-refractivity contribution is -0.150. The molecule has 2 heterocycles. The average Bonchev–Trinajstić information content (AvgIpc) is 2.75. The number of ether oxygens (including phenoxy) is 1. The molecule has 5 nitrogen and oxygen atoms in total. The van der Waals surface area contributed by atoms with Crippen LogP contribution in [0.1, 0.15) is 38.1 Å². The van der Waals surface area contributed by atoms with Gasteiger partial charge in [-0.15, -0.1) is 0 Å². The highest BCUT2D eigenvalue weighted by molar-refractivity contribution is 9.10.